The molecule has 2 aromatic carbocycles. The van der Waals surface area contributed by atoms with Gasteiger partial charge in [-0.25, -0.2) is 0 Å². The van der Waals surface area contributed by atoms with Gasteiger partial charge in [0.1, 0.15) is 0 Å². The van der Waals surface area contributed by atoms with Crippen molar-refractivity contribution < 1.29 is 4.79 Å². The average molecular weight is 317 g/mol. The second-order valence-electron chi connectivity index (χ2n) is 6.36. The number of carbonyl (C=O) groups is 1. The molecule has 0 aliphatic carbocycles. The lowest BCUT2D eigenvalue weighted by Gasteiger charge is -2.19. The topological polar surface area (TPSA) is 55.1 Å². The summed E-state index contributed by atoms with van der Waals surface area (Å²) in [5.41, 5.74) is 9.02. The average Bonchev–Trinajstić information content (AvgIpc) is 2.45. The normalized spacial score (nSPS) is 11.3. The molecule has 0 aliphatic heterocycles. The summed E-state index contributed by atoms with van der Waals surface area (Å²) < 4.78 is 0. The monoisotopic (exact) mass is 316 g/mol. The summed E-state index contributed by atoms with van der Waals surface area (Å²) in [6, 6.07) is 12.9. The molecule has 0 atom stereocenters. The fraction of sp³-hybridized carbons (Fsp3) is 0.278. The van der Waals surface area contributed by atoms with Gasteiger partial charge in [0.2, 0.25) is 0 Å². The summed E-state index contributed by atoms with van der Waals surface area (Å²) in [6.07, 6.45) is 0. The van der Waals surface area contributed by atoms with Crippen molar-refractivity contribution in [2.45, 2.75) is 32.7 Å². The van der Waals surface area contributed by atoms with Crippen LogP contribution in [-0.2, 0) is 12.0 Å². The maximum absolute atomic E-state index is 12.2. The first-order valence-electron chi connectivity index (χ1n) is 7.20. The number of nitrogens with one attached hydrogen (secondary N) is 1. The van der Waals surface area contributed by atoms with Crippen LogP contribution in [0.15, 0.2) is 42.5 Å². The van der Waals surface area contributed by atoms with Crippen LogP contribution in [0.2, 0.25) is 5.02 Å². The van der Waals surface area contributed by atoms with Crippen molar-refractivity contribution in [3.8, 4) is 0 Å². The van der Waals surface area contributed by atoms with Crippen molar-refractivity contribution in [1.29, 1.82) is 0 Å². The summed E-state index contributed by atoms with van der Waals surface area (Å²) in [6.45, 7) is 6.81. The lowest BCUT2D eigenvalue weighted by Crippen LogP contribution is -2.23. The molecular weight excluding hydrogens is 296 g/mol. The number of nitrogen functional groups attached to an aromatic ring is 1. The molecule has 0 unspecified atom stereocenters. The van der Waals surface area contributed by atoms with Crippen LogP contribution in [0.25, 0.3) is 0 Å². The van der Waals surface area contributed by atoms with Crippen molar-refractivity contribution in [3.05, 3.63) is 64.2 Å². The SMILES string of the molecule is CC(C)(C)c1ccc(C(=O)NCc2ccc(N)cc2Cl)cc1. The fourth-order valence-corrected chi connectivity index (χ4v) is 2.36. The number of amides is 1. The van der Waals surface area contributed by atoms with E-state index < -0.39 is 0 Å². The summed E-state index contributed by atoms with van der Waals surface area (Å²) in [4.78, 5) is 12.2. The van der Waals surface area contributed by atoms with Crippen LogP contribution in [0.3, 0.4) is 0 Å². The lowest BCUT2D eigenvalue weighted by atomic mass is 9.87. The number of benzene rings is 2. The van der Waals surface area contributed by atoms with Gasteiger partial charge in [0.15, 0.2) is 0 Å². The maximum atomic E-state index is 12.2. The molecule has 0 aromatic heterocycles. The van der Waals surface area contributed by atoms with E-state index >= 15 is 0 Å². The molecule has 1 amide bonds. The number of anilines is 1. The highest BCUT2D eigenvalue weighted by Crippen LogP contribution is 2.22. The number of hydrogen-bond donors (Lipinski definition) is 2. The minimum Gasteiger partial charge on any atom is -0.399 e. The molecule has 0 spiro atoms. The van der Waals surface area contributed by atoms with Gasteiger partial charge in [-0.05, 0) is 40.8 Å². The molecule has 3 nitrogen and oxygen atoms in total. The van der Waals surface area contributed by atoms with Gasteiger partial charge in [-0.1, -0.05) is 50.6 Å². The number of hydrogen-bond acceptors (Lipinski definition) is 2. The first kappa shape index (κ1) is 16.4. The summed E-state index contributed by atoms with van der Waals surface area (Å²) in [7, 11) is 0. The third kappa shape index (κ3) is 4.01. The zero-order valence-corrected chi connectivity index (χ0v) is 13.9. The van der Waals surface area contributed by atoms with Gasteiger partial charge >= 0.3 is 0 Å². The largest absolute Gasteiger partial charge is 0.399 e. The van der Waals surface area contributed by atoms with Crippen LogP contribution >= 0.6 is 11.6 Å². The van der Waals surface area contributed by atoms with Crippen molar-refractivity contribution in [2.24, 2.45) is 0 Å². The van der Waals surface area contributed by atoms with E-state index in [1.54, 1.807) is 12.1 Å². The molecule has 22 heavy (non-hydrogen) atoms. The van der Waals surface area contributed by atoms with Gasteiger partial charge in [-0.15, -0.1) is 0 Å². The standard InChI is InChI=1S/C18H21ClN2O/c1-18(2,3)14-7-4-12(5-8-14)17(22)21-11-13-6-9-15(20)10-16(13)19/h4-10H,11,20H2,1-3H3,(H,21,22). The minimum absolute atomic E-state index is 0.0759. The fourth-order valence-electron chi connectivity index (χ4n) is 2.11. The summed E-state index contributed by atoms with van der Waals surface area (Å²) >= 11 is 6.10. The molecule has 0 fully saturated rings. The Morgan fingerprint density at radius 1 is 1.14 bits per heavy atom. The third-order valence-electron chi connectivity index (χ3n) is 3.53. The lowest BCUT2D eigenvalue weighted by molar-refractivity contribution is 0.0951. The molecule has 0 saturated heterocycles. The number of carbonyl (C=O) groups excluding carboxylic acids is 1. The zero-order chi connectivity index (χ0) is 16.3. The quantitative estimate of drug-likeness (QED) is 0.836. The van der Waals surface area contributed by atoms with E-state index in [1.807, 2.05) is 30.3 Å². The second kappa shape index (κ2) is 6.41. The Hall–Kier alpha value is -2.00. The first-order chi connectivity index (χ1) is 10.3. The van der Waals surface area contributed by atoms with Gasteiger partial charge < -0.3 is 11.1 Å². The molecule has 0 saturated carbocycles. The maximum Gasteiger partial charge on any atom is 0.251 e. The van der Waals surface area contributed by atoms with Crippen LogP contribution in [0, 0.1) is 0 Å². The van der Waals surface area contributed by atoms with Gasteiger partial charge in [-0.3, -0.25) is 4.79 Å². The predicted octanol–water partition coefficient (Wildman–Crippen LogP) is 4.15. The molecule has 3 N–H and O–H groups in total. The zero-order valence-electron chi connectivity index (χ0n) is 13.1. The Balaban J connectivity index is 2.03. The van der Waals surface area contributed by atoms with Crippen LogP contribution in [0.4, 0.5) is 5.69 Å². The highest BCUT2D eigenvalue weighted by Gasteiger charge is 2.14. The molecule has 116 valence electrons. The number of nitrogens with two attached hydrogens (primary N) is 1. The Morgan fingerprint density at radius 2 is 1.77 bits per heavy atom. The Kier molecular flexibility index (Phi) is 4.77. The second-order valence-corrected chi connectivity index (χ2v) is 6.77. The molecule has 2 rings (SSSR count). The van der Waals surface area contributed by atoms with E-state index in [2.05, 4.69) is 26.1 Å². The first-order valence-corrected chi connectivity index (χ1v) is 7.58. The van der Waals surface area contributed by atoms with Gasteiger partial charge in [0.05, 0.1) is 0 Å². The minimum atomic E-state index is -0.117. The highest BCUT2D eigenvalue weighted by atomic mass is 35.5. The summed E-state index contributed by atoms with van der Waals surface area (Å²) in [5.74, 6) is -0.117. The molecule has 4 heteroatoms. The molecule has 0 bridgehead atoms. The van der Waals surface area contributed by atoms with Crippen molar-refractivity contribution in [1.82, 2.24) is 5.32 Å². The number of halogens is 1. The third-order valence-corrected chi connectivity index (χ3v) is 3.88. The molecule has 0 aliphatic rings. The number of rotatable bonds is 3. The Labute approximate surface area is 136 Å². The van der Waals surface area contributed by atoms with E-state index in [0.717, 1.165) is 5.56 Å². The van der Waals surface area contributed by atoms with Crippen molar-refractivity contribution in [3.63, 3.8) is 0 Å². The van der Waals surface area contributed by atoms with E-state index in [0.29, 0.717) is 22.8 Å². The molecule has 2 aromatic rings. The smallest absolute Gasteiger partial charge is 0.251 e. The van der Waals surface area contributed by atoms with E-state index in [1.165, 1.54) is 5.56 Å². The van der Waals surface area contributed by atoms with Crippen LogP contribution in [0.1, 0.15) is 42.3 Å². The molecule has 0 radical (unpaired) electrons. The van der Waals surface area contributed by atoms with E-state index in [9.17, 15) is 4.79 Å². The van der Waals surface area contributed by atoms with E-state index in [4.69, 9.17) is 17.3 Å². The Bertz CT molecular complexity index is 672. The van der Waals surface area contributed by atoms with Crippen molar-refractivity contribution >= 4 is 23.2 Å². The molecular formula is C18H21ClN2O. The predicted molar refractivity (Wildman–Crippen MR) is 92.2 cm³/mol. The summed E-state index contributed by atoms with van der Waals surface area (Å²) in [5, 5.41) is 3.43. The highest BCUT2D eigenvalue weighted by molar-refractivity contribution is 6.31. The van der Waals surface area contributed by atoms with Crippen molar-refractivity contribution in [2.75, 3.05) is 5.73 Å². The van der Waals surface area contributed by atoms with E-state index in [-0.39, 0.29) is 11.3 Å². The van der Waals surface area contributed by atoms with Gasteiger partial charge in [-0.2, -0.15) is 0 Å². The van der Waals surface area contributed by atoms with Gasteiger partial charge in [0, 0.05) is 22.8 Å². The van der Waals surface area contributed by atoms with Crippen LogP contribution < -0.4 is 11.1 Å². The molecule has 0 heterocycles. The van der Waals surface area contributed by atoms with Crippen LogP contribution in [-0.4, -0.2) is 5.91 Å². The Morgan fingerprint density at radius 3 is 2.32 bits per heavy atom. The van der Waals surface area contributed by atoms with Crippen LogP contribution in [0.5, 0.6) is 0 Å². The van der Waals surface area contributed by atoms with Gasteiger partial charge in [0.25, 0.3) is 5.91 Å².